The first kappa shape index (κ1) is 16.7. The van der Waals surface area contributed by atoms with Crippen LogP contribution in [0.25, 0.3) is 0 Å². The summed E-state index contributed by atoms with van der Waals surface area (Å²) in [6.07, 6.45) is 5.54. The molecule has 0 spiro atoms. The highest BCUT2D eigenvalue weighted by atomic mass is 16.3. The molecule has 2 amide bonds. The van der Waals surface area contributed by atoms with Crippen LogP contribution in [0.5, 0.6) is 0 Å². The van der Waals surface area contributed by atoms with E-state index < -0.39 is 6.10 Å². The van der Waals surface area contributed by atoms with Gasteiger partial charge in [0.1, 0.15) is 0 Å². The maximum Gasteiger partial charge on any atom is 0.242 e. The standard InChI is InChI=1S/C19H24N2O3/c22-17-12-20(11-10-15-6-2-1-3-7-15)18(23)14-21(13-17)19(24)16-8-4-5-9-16/h1-7,16-17,22H,8-14H2. The van der Waals surface area contributed by atoms with Crippen LogP contribution < -0.4 is 0 Å². The number of hydrogen-bond acceptors (Lipinski definition) is 3. The van der Waals surface area contributed by atoms with Gasteiger partial charge in [-0.05, 0) is 24.8 Å². The van der Waals surface area contributed by atoms with E-state index in [4.69, 9.17) is 0 Å². The average molecular weight is 328 g/mol. The zero-order valence-corrected chi connectivity index (χ0v) is 13.8. The number of benzene rings is 1. The van der Waals surface area contributed by atoms with Crippen molar-refractivity contribution >= 4 is 11.8 Å². The van der Waals surface area contributed by atoms with Crippen molar-refractivity contribution in [3.8, 4) is 0 Å². The second-order valence-electron chi connectivity index (χ2n) is 6.59. The molecule has 1 aliphatic carbocycles. The normalized spacial score (nSPS) is 22.0. The Morgan fingerprint density at radius 1 is 1.12 bits per heavy atom. The third kappa shape index (κ3) is 4.03. The van der Waals surface area contributed by atoms with Crippen molar-refractivity contribution in [3.63, 3.8) is 0 Å². The van der Waals surface area contributed by atoms with Crippen molar-refractivity contribution < 1.29 is 14.7 Å². The molecule has 1 aromatic rings. The number of hydrogen-bond donors (Lipinski definition) is 1. The number of amides is 2. The molecule has 2 aliphatic rings. The monoisotopic (exact) mass is 328 g/mol. The van der Waals surface area contributed by atoms with Gasteiger partial charge in [-0.2, -0.15) is 0 Å². The van der Waals surface area contributed by atoms with Gasteiger partial charge < -0.3 is 14.9 Å². The lowest BCUT2D eigenvalue weighted by molar-refractivity contribution is -0.141. The van der Waals surface area contributed by atoms with Crippen LogP contribution in [0.3, 0.4) is 0 Å². The zero-order valence-electron chi connectivity index (χ0n) is 13.8. The largest absolute Gasteiger partial charge is 0.389 e. The number of β-amino-alcohol motifs (C(OH)–C–C–N with tert-alkyl or cyclic N) is 1. The molecule has 0 aromatic heterocycles. The van der Waals surface area contributed by atoms with E-state index in [1.165, 1.54) is 4.90 Å². The highest BCUT2D eigenvalue weighted by molar-refractivity contribution is 5.86. The lowest BCUT2D eigenvalue weighted by Crippen LogP contribution is -2.42. The van der Waals surface area contributed by atoms with E-state index >= 15 is 0 Å². The van der Waals surface area contributed by atoms with Gasteiger partial charge in [-0.3, -0.25) is 9.59 Å². The summed E-state index contributed by atoms with van der Waals surface area (Å²) in [7, 11) is 0. The molecule has 0 saturated carbocycles. The number of carbonyl (C=O) groups excluding carboxylic acids is 2. The molecule has 1 fully saturated rings. The van der Waals surface area contributed by atoms with Crippen molar-refractivity contribution in [1.29, 1.82) is 0 Å². The maximum absolute atomic E-state index is 12.5. The molecule has 3 rings (SSSR count). The minimum Gasteiger partial charge on any atom is -0.389 e. The molecule has 1 heterocycles. The Morgan fingerprint density at radius 3 is 2.54 bits per heavy atom. The van der Waals surface area contributed by atoms with Gasteiger partial charge >= 0.3 is 0 Å². The van der Waals surface area contributed by atoms with E-state index in [0.29, 0.717) is 13.1 Å². The number of aliphatic hydroxyl groups excluding tert-OH is 1. The summed E-state index contributed by atoms with van der Waals surface area (Å²) >= 11 is 0. The van der Waals surface area contributed by atoms with Gasteiger partial charge in [0.25, 0.3) is 0 Å². The van der Waals surface area contributed by atoms with Crippen LogP contribution in [0.1, 0.15) is 18.4 Å². The Labute approximate surface area is 142 Å². The molecule has 1 aromatic carbocycles. The minimum absolute atomic E-state index is 0.0164. The maximum atomic E-state index is 12.5. The van der Waals surface area contributed by atoms with E-state index in [9.17, 15) is 14.7 Å². The second kappa shape index (κ2) is 7.62. The molecular formula is C19H24N2O3. The fourth-order valence-electron chi connectivity index (χ4n) is 3.37. The molecule has 0 radical (unpaired) electrons. The fourth-order valence-corrected chi connectivity index (χ4v) is 3.37. The number of aliphatic hydroxyl groups is 1. The van der Waals surface area contributed by atoms with Crippen LogP contribution in [-0.2, 0) is 16.0 Å². The quantitative estimate of drug-likeness (QED) is 0.846. The number of carbonyl (C=O) groups is 2. The van der Waals surface area contributed by atoms with Crippen LogP contribution in [0.4, 0.5) is 0 Å². The summed E-state index contributed by atoms with van der Waals surface area (Å²) in [5, 5.41) is 10.2. The van der Waals surface area contributed by atoms with E-state index in [-0.39, 0.29) is 30.8 Å². The molecule has 5 nitrogen and oxygen atoms in total. The van der Waals surface area contributed by atoms with Gasteiger partial charge in [0, 0.05) is 25.6 Å². The Morgan fingerprint density at radius 2 is 1.83 bits per heavy atom. The topological polar surface area (TPSA) is 60.9 Å². The van der Waals surface area contributed by atoms with Gasteiger partial charge in [-0.15, -0.1) is 0 Å². The van der Waals surface area contributed by atoms with Crippen molar-refractivity contribution in [3.05, 3.63) is 48.0 Å². The molecule has 1 unspecified atom stereocenters. The summed E-state index contributed by atoms with van der Waals surface area (Å²) in [5.74, 6) is -0.167. The third-order valence-electron chi connectivity index (χ3n) is 4.72. The van der Waals surface area contributed by atoms with Gasteiger partial charge in [-0.1, -0.05) is 42.5 Å². The van der Waals surface area contributed by atoms with Crippen molar-refractivity contribution in [2.45, 2.75) is 25.4 Å². The minimum atomic E-state index is -0.689. The zero-order chi connectivity index (χ0) is 16.9. The van der Waals surface area contributed by atoms with Crippen LogP contribution in [0.15, 0.2) is 42.5 Å². The summed E-state index contributed by atoms with van der Waals surface area (Å²) < 4.78 is 0. The molecule has 5 heteroatoms. The Kier molecular flexibility index (Phi) is 5.30. The summed E-state index contributed by atoms with van der Waals surface area (Å²) in [4.78, 5) is 28.3. The molecule has 1 N–H and O–H groups in total. The van der Waals surface area contributed by atoms with Gasteiger partial charge in [0.15, 0.2) is 0 Å². The molecule has 128 valence electrons. The highest BCUT2D eigenvalue weighted by Gasteiger charge is 2.32. The Bertz CT molecular complexity index is 606. The van der Waals surface area contributed by atoms with Crippen molar-refractivity contribution in [2.24, 2.45) is 5.92 Å². The van der Waals surface area contributed by atoms with Crippen LogP contribution in [0.2, 0.25) is 0 Å². The number of allylic oxidation sites excluding steroid dienone is 2. The Hall–Kier alpha value is -2.14. The van der Waals surface area contributed by atoms with Crippen molar-refractivity contribution in [2.75, 3.05) is 26.2 Å². The first-order valence-corrected chi connectivity index (χ1v) is 8.57. The van der Waals surface area contributed by atoms with Crippen molar-refractivity contribution in [1.82, 2.24) is 9.80 Å². The highest BCUT2D eigenvalue weighted by Crippen LogP contribution is 2.21. The van der Waals surface area contributed by atoms with Gasteiger partial charge in [0.05, 0.1) is 12.6 Å². The van der Waals surface area contributed by atoms with E-state index in [1.807, 2.05) is 42.5 Å². The van der Waals surface area contributed by atoms with E-state index in [2.05, 4.69) is 0 Å². The van der Waals surface area contributed by atoms with Crippen LogP contribution in [0, 0.1) is 5.92 Å². The summed E-state index contributed by atoms with van der Waals surface area (Å²) in [5.41, 5.74) is 1.16. The first-order chi connectivity index (χ1) is 11.6. The summed E-state index contributed by atoms with van der Waals surface area (Å²) in [6, 6.07) is 9.98. The fraction of sp³-hybridized carbons (Fsp3) is 0.474. The average Bonchev–Trinajstić information content (AvgIpc) is 3.08. The lowest BCUT2D eigenvalue weighted by atomic mass is 10.1. The lowest BCUT2D eigenvalue weighted by Gasteiger charge is -2.24. The van der Waals surface area contributed by atoms with E-state index in [1.54, 1.807) is 4.90 Å². The van der Waals surface area contributed by atoms with Gasteiger partial charge in [-0.25, -0.2) is 0 Å². The van der Waals surface area contributed by atoms with Crippen LogP contribution in [-0.4, -0.2) is 59.0 Å². The molecule has 1 saturated heterocycles. The first-order valence-electron chi connectivity index (χ1n) is 8.57. The molecule has 1 atom stereocenters. The third-order valence-corrected chi connectivity index (χ3v) is 4.72. The number of rotatable bonds is 4. The predicted octanol–water partition coefficient (Wildman–Crippen LogP) is 1.23. The van der Waals surface area contributed by atoms with Gasteiger partial charge in [0.2, 0.25) is 11.8 Å². The molecule has 1 aliphatic heterocycles. The van der Waals surface area contributed by atoms with E-state index in [0.717, 1.165) is 24.8 Å². The van der Waals surface area contributed by atoms with Crippen LogP contribution >= 0.6 is 0 Å². The Balaban J connectivity index is 1.60. The summed E-state index contributed by atoms with van der Waals surface area (Å²) in [6.45, 7) is 1.16. The molecule has 24 heavy (non-hydrogen) atoms. The molecule has 0 bridgehead atoms. The predicted molar refractivity (Wildman–Crippen MR) is 91.2 cm³/mol. The smallest absolute Gasteiger partial charge is 0.242 e. The molecular weight excluding hydrogens is 304 g/mol. The SMILES string of the molecule is O=C1CN(C(=O)C2CC=CC2)CC(O)CN1CCc1ccccc1. The number of nitrogens with zero attached hydrogens (tertiary/aromatic N) is 2. The second-order valence-corrected chi connectivity index (χ2v) is 6.59.